The SMILES string of the molecule is Cn1cnc2c(OCC3CCNC3)cccc21. The van der Waals surface area contributed by atoms with E-state index in [9.17, 15) is 0 Å². The second kappa shape index (κ2) is 4.37. The lowest BCUT2D eigenvalue weighted by atomic mass is 10.1. The molecular formula is C13H17N3O. The Bertz CT molecular complexity index is 514. The van der Waals surface area contributed by atoms with Gasteiger partial charge in [0.15, 0.2) is 0 Å². The van der Waals surface area contributed by atoms with E-state index >= 15 is 0 Å². The normalized spacial score (nSPS) is 19.9. The Balaban J connectivity index is 1.79. The summed E-state index contributed by atoms with van der Waals surface area (Å²) in [6, 6.07) is 6.08. The van der Waals surface area contributed by atoms with Crippen molar-refractivity contribution in [2.75, 3.05) is 19.7 Å². The molecule has 3 rings (SSSR count). The van der Waals surface area contributed by atoms with Crippen molar-refractivity contribution in [1.82, 2.24) is 14.9 Å². The molecule has 0 spiro atoms. The van der Waals surface area contributed by atoms with Crippen LogP contribution < -0.4 is 10.1 Å². The van der Waals surface area contributed by atoms with E-state index in [0.29, 0.717) is 5.92 Å². The highest BCUT2D eigenvalue weighted by Gasteiger charge is 2.15. The van der Waals surface area contributed by atoms with Crippen LogP contribution in [-0.4, -0.2) is 29.2 Å². The summed E-state index contributed by atoms with van der Waals surface area (Å²) in [4.78, 5) is 4.39. The minimum Gasteiger partial charge on any atom is -0.491 e. The molecule has 1 fully saturated rings. The zero-order valence-corrected chi connectivity index (χ0v) is 10.0. The first-order valence-corrected chi connectivity index (χ1v) is 6.08. The number of benzene rings is 1. The van der Waals surface area contributed by atoms with Crippen LogP contribution in [0.4, 0.5) is 0 Å². The molecule has 2 aromatic rings. The number of hydrogen-bond acceptors (Lipinski definition) is 3. The third-order valence-corrected chi connectivity index (χ3v) is 3.35. The zero-order chi connectivity index (χ0) is 11.7. The van der Waals surface area contributed by atoms with Crippen molar-refractivity contribution in [1.29, 1.82) is 0 Å². The summed E-state index contributed by atoms with van der Waals surface area (Å²) in [5.41, 5.74) is 2.08. The average molecular weight is 231 g/mol. The maximum atomic E-state index is 5.90. The molecular weight excluding hydrogens is 214 g/mol. The highest BCUT2D eigenvalue weighted by Crippen LogP contribution is 2.24. The summed E-state index contributed by atoms with van der Waals surface area (Å²) >= 11 is 0. The molecule has 1 unspecified atom stereocenters. The average Bonchev–Trinajstić information content (AvgIpc) is 2.97. The lowest BCUT2D eigenvalue weighted by molar-refractivity contribution is 0.262. The van der Waals surface area contributed by atoms with Crippen LogP contribution in [0.3, 0.4) is 0 Å². The summed E-state index contributed by atoms with van der Waals surface area (Å²) in [6.45, 7) is 2.96. The van der Waals surface area contributed by atoms with E-state index in [4.69, 9.17) is 4.74 Å². The highest BCUT2D eigenvalue weighted by atomic mass is 16.5. The summed E-state index contributed by atoms with van der Waals surface area (Å²) in [7, 11) is 2.00. The van der Waals surface area contributed by atoms with E-state index in [0.717, 1.165) is 36.5 Å². The van der Waals surface area contributed by atoms with Gasteiger partial charge in [-0.2, -0.15) is 0 Å². The number of ether oxygens (including phenoxy) is 1. The van der Waals surface area contributed by atoms with Crippen LogP contribution in [0.2, 0.25) is 0 Å². The number of aromatic nitrogens is 2. The Morgan fingerprint density at radius 1 is 1.53 bits per heavy atom. The molecule has 4 heteroatoms. The number of para-hydroxylation sites is 1. The van der Waals surface area contributed by atoms with Gasteiger partial charge in [0.1, 0.15) is 11.3 Å². The second-order valence-corrected chi connectivity index (χ2v) is 4.65. The summed E-state index contributed by atoms with van der Waals surface area (Å²) in [6.07, 6.45) is 3.03. The number of fused-ring (bicyclic) bond motifs is 1. The third-order valence-electron chi connectivity index (χ3n) is 3.35. The smallest absolute Gasteiger partial charge is 0.147 e. The monoisotopic (exact) mass is 231 g/mol. The molecule has 0 saturated carbocycles. The van der Waals surface area contributed by atoms with Gasteiger partial charge in [0.05, 0.1) is 18.5 Å². The van der Waals surface area contributed by atoms with Crippen LogP contribution in [-0.2, 0) is 7.05 Å². The fourth-order valence-corrected chi connectivity index (χ4v) is 2.31. The Morgan fingerprint density at radius 2 is 2.47 bits per heavy atom. The Morgan fingerprint density at radius 3 is 3.29 bits per heavy atom. The van der Waals surface area contributed by atoms with Gasteiger partial charge in [-0.1, -0.05) is 6.07 Å². The Hall–Kier alpha value is -1.55. The van der Waals surface area contributed by atoms with Crippen molar-refractivity contribution < 1.29 is 4.74 Å². The molecule has 0 bridgehead atoms. The van der Waals surface area contributed by atoms with Crippen LogP contribution >= 0.6 is 0 Å². The summed E-state index contributed by atoms with van der Waals surface area (Å²) < 4.78 is 7.91. The van der Waals surface area contributed by atoms with Crippen molar-refractivity contribution in [3.05, 3.63) is 24.5 Å². The number of nitrogens with one attached hydrogen (secondary N) is 1. The van der Waals surface area contributed by atoms with Gasteiger partial charge in [0.25, 0.3) is 0 Å². The van der Waals surface area contributed by atoms with E-state index in [1.165, 1.54) is 6.42 Å². The molecule has 4 nitrogen and oxygen atoms in total. The van der Waals surface area contributed by atoms with E-state index in [1.54, 1.807) is 0 Å². The van der Waals surface area contributed by atoms with E-state index in [2.05, 4.69) is 16.4 Å². The van der Waals surface area contributed by atoms with E-state index in [1.807, 2.05) is 30.1 Å². The van der Waals surface area contributed by atoms with Crippen molar-refractivity contribution >= 4 is 11.0 Å². The van der Waals surface area contributed by atoms with Crippen LogP contribution in [0.1, 0.15) is 6.42 Å². The Labute approximate surface area is 101 Å². The molecule has 0 radical (unpaired) electrons. The van der Waals surface area contributed by atoms with Gasteiger partial charge >= 0.3 is 0 Å². The molecule has 1 aromatic carbocycles. The number of hydrogen-bond donors (Lipinski definition) is 1. The molecule has 1 aliphatic rings. The molecule has 0 aliphatic carbocycles. The first kappa shape index (κ1) is 10.6. The second-order valence-electron chi connectivity index (χ2n) is 4.65. The third kappa shape index (κ3) is 2.00. The maximum Gasteiger partial charge on any atom is 0.147 e. The number of rotatable bonds is 3. The molecule has 0 amide bonds. The van der Waals surface area contributed by atoms with Gasteiger partial charge in [-0.05, 0) is 25.1 Å². The molecule has 1 N–H and O–H groups in total. The fraction of sp³-hybridized carbons (Fsp3) is 0.462. The first-order valence-electron chi connectivity index (χ1n) is 6.08. The van der Waals surface area contributed by atoms with E-state index in [-0.39, 0.29) is 0 Å². The van der Waals surface area contributed by atoms with Crippen molar-refractivity contribution in [3.63, 3.8) is 0 Å². The molecule has 1 aromatic heterocycles. The van der Waals surface area contributed by atoms with Crippen molar-refractivity contribution in [3.8, 4) is 5.75 Å². The van der Waals surface area contributed by atoms with Crippen LogP contribution in [0.5, 0.6) is 5.75 Å². The predicted molar refractivity (Wildman–Crippen MR) is 67.2 cm³/mol. The number of aryl methyl sites for hydroxylation is 1. The van der Waals surface area contributed by atoms with Crippen LogP contribution in [0, 0.1) is 5.92 Å². The summed E-state index contributed by atoms with van der Waals surface area (Å²) in [5, 5.41) is 3.35. The predicted octanol–water partition coefficient (Wildman–Crippen LogP) is 1.56. The molecule has 1 saturated heterocycles. The standard InChI is InChI=1S/C13H17N3O/c1-16-9-15-13-11(16)3-2-4-12(13)17-8-10-5-6-14-7-10/h2-4,9-10,14H,5-8H2,1H3. The quantitative estimate of drug-likeness (QED) is 0.871. The molecule has 90 valence electrons. The summed E-state index contributed by atoms with van der Waals surface area (Å²) in [5.74, 6) is 1.53. The topological polar surface area (TPSA) is 39.1 Å². The zero-order valence-electron chi connectivity index (χ0n) is 10.0. The molecule has 1 aliphatic heterocycles. The largest absolute Gasteiger partial charge is 0.491 e. The van der Waals surface area contributed by atoms with Gasteiger partial charge in [-0.25, -0.2) is 4.98 Å². The lowest BCUT2D eigenvalue weighted by Gasteiger charge is -2.11. The maximum absolute atomic E-state index is 5.90. The lowest BCUT2D eigenvalue weighted by Crippen LogP contribution is -2.15. The molecule has 17 heavy (non-hydrogen) atoms. The van der Waals surface area contributed by atoms with Gasteiger partial charge in [-0.3, -0.25) is 0 Å². The Kier molecular flexibility index (Phi) is 2.73. The fourth-order valence-electron chi connectivity index (χ4n) is 2.31. The minimum atomic E-state index is 0.633. The minimum absolute atomic E-state index is 0.633. The van der Waals surface area contributed by atoms with E-state index < -0.39 is 0 Å². The first-order chi connectivity index (χ1) is 8.34. The van der Waals surface area contributed by atoms with Crippen LogP contribution in [0.15, 0.2) is 24.5 Å². The number of imidazole rings is 1. The molecule has 2 heterocycles. The van der Waals surface area contributed by atoms with Crippen molar-refractivity contribution in [2.45, 2.75) is 6.42 Å². The number of nitrogens with zero attached hydrogens (tertiary/aromatic N) is 2. The van der Waals surface area contributed by atoms with Gasteiger partial charge < -0.3 is 14.6 Å². The van der Waals surface area contributed by atoms with Gasteiger partial charge in [-0.15, -0.1) is 0 Å². The van der Waals surface area contributed by atoms with Crippen LogP contribution in [0.25, 0.3) is 11.0 Å². The highest BCUT2D eigenvalue weighted by molar-refractivity contribution is 5.81. The van der Waals surface area contributed by atoms with Gasteiger partial charge in [0.2, 0.25) is 0 Å². The van der Waals surface area contributed by atoms with Crippen molar-refractivity contribution in [2.24, 2.45) is 13.0 Å². The van der Waals surface area contributed by atoms with Gasteiger partial charge in [0, 0.05) is 19.5 Å². The molecule has 1 atom stereocenters.